The summed E-state index contributed by atoms with van der Waals surface area (Å²) in [5, 5.41) is 4.19. The molecule has 2 heterocycles. The molecule has 0 radical (unpaired) electrons. The van der Waals surface area contributed by atoms with Crippen LogP contribution in [0.15, 0.2) is 93.6 Å². The van der Waals surface area contributed by atoms with Crippen molar-refractivity contribution in [1.82, 2.24) is 5.32 Å². The van der Waals surface area contributed by atoms with Crippen LogP contribution in [0.4, 0.5) is 0 Å². The summed E-state index contributed by atoms with van der Waals surface area (Å²) < 4.78 is 28.6. The third-order valence-electron chi connectivity index (χ3n) is 5.66. The van der Waals surface area contributed by atoms with Crippen molar-refractivity contribution >= 4 is 11.0 Å². The third-order valence-corrected chi connectivity index (χ3v) is 5.66. The van der Waals surface area contributed by atoms with Crippen LogP contribution < -0.4 is 29.9 Å². The van der Waals surface area contributed by atoms with Crippen molar-refractivity contribution in [2.24, 2.45) is 0 Å². The molecule has 0 saturated carbocycles. The number of fused-ring (bicyclic) bond motifs is 2. The van der Waals surface area contributed by atoms with Crippen LogP contribution >= 0.6 is 0 Å². The molecule has 1 aliphatic heterocycles. The van der Waals surface area contributed by atoms with Crippen molar-refractivity contribution in [3.8, 4) is 23.0 Å². The molecule has 0 unspecified atom stereocenters. The molecule has 2 aliphatic rings. The molecule has 7 nitrogen and oxygen atoms in total. The van der Waals surface area contributed by atoms with E-state index < -0.39 is 0 Å². The Morgan fingerprint density at radius 2 is 1.86 bits per heavy atom. The van der Waals surface area contributed by atoms with E-state index >= 15 is 0 Å². The van der Waals surface area contributed by atoms with Gasteiger partial charge in [-0.15, -0.1) is 0 Å². The van der Waals surface area contributed by atoms with Crippen LogP contribution in [0.1, 0.15) is 19.3 Å². The Labute approximate surface area is 203 Å². The molecule has 7 heteroatoms. The van der Waals surface area contributed by atoms with Crippen molar-refractivity contribution in [2.75, 3.05) is 26.3 Å². The summed E-state index contributed by atoms with van der Waals surface area (Å²) in [5.41, 5.74) is 1.43. The minimum absolute atomic E-state index is 0.371. The van der Waals surface area contributed by atoms with E-state index in [1.54, 1.807) is 18.4 Å². The van der Waals surface area contributed by atoms with Gasteiger partial charge < -0.3 is 28.7 Å². The van der Waals surface area contributed by atoms with Gasteiger partial charge >= 0.3 is 5.63 Å². The lowest BCUT2D eigenvalue weighted by atomic mass is 10.1. The summed E-state index contributed by atoms with van der Waals surface area (Å²) in [4.78, 5) is 11.4. The van der Waals surface area contributed by atoms with Gasteiger partial charge in [-0.25, -0.2) is 4.79 Å². The van der Waals surface area contributed by atoms with Crippen LogP contribution in [0.25, 0.3) is 11.0 Å². The van der Waals surface area contributed by atoms with E-state index in [2.05, 4.69) is 23.5 Å². The number of hydrogen-bond acceptors (Lipinski definition) is 7. The van der Waals surface area contributed by atoms with E-state index in [-0.39, 0.29) is 5.63 Å². The molecule has 0 fully saturated rings. The summed E-state index contributed by atoms with van der Waals surface area (Å²) in [7, 11) is 0. The maximum Gasteiger partial charge on any atom is 0.336 e. The normalized spacial score (nSPS) is 14.4. The lowest BCUT2D eigenvalue weighted by Crippen LogP contribution is -2.23. The van der Waals surface area contributed by atoms with Crippen molar-refractivity contribution in [3.63, 3.8) is 0 Å². The maximum atomic E-state index is 11.4. The molecule has 2 aromatic carbocycles. The number of rotatable bonds is 10. The van der Waals surface area contributed by atoms with Crippen LogP contribution in [-0.4, -0.2) is 26.3 Å². The van der Waals surface area contributed by atoms with E-state index in [1.165, 1.54) is 11.6 Å². The Kier molecular flexibility index (Phi) is 7.15. The van der Waals surface area contributed by atoms with Crippen LogP contribution in [0.3, 0.4) is 0 Å². The zero-order chi connectivity index (χ0) is 23.9. The molecule has 180 valence electrons. The predicted molar refractivity (Wildman–Crippen MR) is 133 cm³/mol. The minimum atomic E-state index is -0.371. The van der Waals surface area contributed by atoms with E-state index in [1.807, 2.05) is 30.3 Å². The van der Waals surface area contributed by atoms with Gasteiger partial charge in [-0.2, -0.15) is 0 Å². The monoisotopic (exact) mass is 473 g/mol. The first kappa shape index (κ1) is 22.8. The molecule has 0 atom stereocenters. The number of ether oxygens (including phenoxy) is 4. The van der Waals surface area contributed by atoms with Crippen LogP contribution in [-0.2, 0) is 0 Å². The first-order valence-corrected chi connectivity index (χ1v) is 11.8. The van der Waals surface area contributed by atoms with E-state index in [0.29, 0.717) is 48.3 Å². The zero-order valence-electron chi connectivity index (χ0n) is 19.3. The Balaban J connectivity index is 1.02. The minimum Gasteiger partial charge on any atom is -0.493 e. The summed E-state index contributed by atoms with van der Waals surface area (Å²) in [6.07, 6.45) is 10.9. The predicted octanol–water partition coefficient (Wildman–Crippen LogP) is 5.12. The van der Waals surface area contributed by atoms with Crippen molar-refractivity contribution in [1.29, 1.82) is 0 Å². The van der Waals surface area contributed by atoms with Gasteiger partial charge in [-0.1, -0.05) is 18.2 Å². The molecular weight excluding hydrogens is 446 g/mol. The second-order valence-corrected chi connectivity index (χ2v) is 8.33. The molecule has 5 rings (SSSR count). The number of hydrogen-bond donors (Lipinski definition) is 1. The Hall–Kier alpha value is -3.97. The number of allylic oxidation sites excluding steroid dienone is 3. The quantitative estimate of drug-likeness (QED) is 0.323. The molecule has 35 heavy (non-hydrogen) atoms. The molecule has 0 saturated heterocycles. The highest BCUT2D eigenvalue weighted by Gasteiger charge is 2.15. The average molecular weight is 474 g/mol. The molecule has 0 bridgehead atoms. The first-order valence-electron chi connectivity index (χ1n) is 11.8. The molecule has 1 N–H and O–H groups in total. The van der Waals surface area contributed by atoms with Crippen LogP contribution in [0.2, 0.25) is 0 Å². The molecule has 3 aromatic rings. The highest BCUT2D eigenvalue weighted by molar-refractivity contribution is 5.77. The standard InChI is InChI=1S/C28H27NO6/c30-28-12-8-21-7-9-22(15-26(21)35-28)31-14-4-13-29-17-24-19-33-27-16-23(10-11-25(27)34-24)32-18-20-5-2-1-3-6-20/h1-2,5,7-12,15-16,19,29H,3-4,6,13-14,17-18H2. The lowest BCUT2D eigenvalue weighted by Gasteiger charge is -2.19. The largest absolute Gasteiger partial charge is 0.493 e. The second kappa shape index (κ2) is 11.0. The maximum absolute atomic E-state index is 11.4. The third kappa shape index (κ3) is 6.13. The molecule has 1 aromatic heterocycles. The summed E-state index contributed by atoms with van der Waals surface area (Å²) in [6, 6.07) is 14.2. The van der Waals surface area contributed by atoms with Crippen molar-refractivity contribution in [2.45, 2.75) is 19.3 Å². The summed E-state index contributed by atoms with van der Waals surface area (Å²) >= 11 is 0. The summed E-state index contributed by atoms with van der Waals surface area (Å²) in [5.74, 6) is 3.44. The fraction of sp³-hybridized carbons (Fsp3) is 0.250. The lowest BCUT2D eigenvalue weighted by molar-refractivity contribution is 0.297. The van der Waals surface area contributed by atoms with Gasteiger partial charge in [0.05, 0.1) is 13.2 Å². The first-order chi connectivity index (χ1) is 17.2. The van der Waals surface area contributed by atoms with Crippen molar-refractivity contribution in [3.05, 3.63) is 94.8 Å². The van der Waals surface area contributed by atoms with E-state index in [4.69, 9.17) is 23.4 Å². The van der Waals surface area contributed by atoms with Gasteiger partial charge in [-0.3, -0.25) is 0 Å². The van der Waals surface area contributed by atoms with Gasteiger partial charge in [0.15, 0.2) is 17.3 Å². The Bertz CT molecular complexity index is 1340. The van der Waals surface area contributed by atoms with Crippen LogP contribution in [0, 0.1) is 0 Å². The molecule has 0 amide bonds. The molecule has 0 spiro atoms. The zero-order valence-corrected chi connectivity index (χ0v) is 19.3. The Morgan fingerprint density at radius 3 is 2.77 bits per heavy atom. The highest BCUT2D eigenvalue weighted by atomic mass is 16.6. The van der Waals surface area contributed by atoms with Crippen molar-refractivity contribution < 1.29 is 23.4 Å². The average Bonchev–Trinajstić information content (AvgIpc) is 2.89. The van der Waals surface area contributed by atoms with E-state index in [0.717, 1.165) is 36.9 Å². The number of nitrogens with one attached hydrogen (secondary N) is 1. The smallest absolute Gasteiger partial charge is 0.336 e. The molecular formula is C28H27NO6. The Morgan fingerprint density at radius 1 is 0.971 bits per heavy atom. The number of benzene rings is 2. The van der Waals surface area contributed by atoms with Gasteiger partial charge in [0.1, 0.15) is 30.0 Å². The van der Waals surface area contributed by atoms with E-state index in [9.17, 15) is 4.79 Å². The fourth-order valence-corrected chi connectivity index (χ4v) is 3.81. The van der Waals surface area contributed by atoms with Gasteiger partial charge in [-0.05, 0) is 61.7 Å². The van der Waals surface area contributed by atoms with Gasteiger partial charge in [0, 0.05) is 23.6 Å². The fourth-order valence-electron chi connectivity index (χ4n) is 3.81. The highest BCUT2D eigenvalue weighted by Crippen LogP contribution is 2.35. The second-order valence-electron chi connectivity index (χ2n) is 8.33. The van der Waals surface area contributed by atoms with Crippen LogP contribution in [0.5, 0.6) is 23.0 Å². The van der Waals surface area contributed by atoms with Gasteiger partial charge in [0.25, 0.3) is 0 Å². The van der Waals surface area contributed by atoms with Gasteiger partial charge in [0.2, 0.25) is 0 Å². The SMILES string of the molecule is O=c1ccc2ccc(OCCCNCC3=COc4cc(OCC5=CC=CCC5)ccc4O3)cc2o1. The topological polar surface area (TPSA) is 79.2 Å². The molecule has 1 aliphatic carbocycles. The summed E-state index contributed by atoms with van der Waals surface area (Å²) in [6.45, 7) is 2.40.